The second-order valence-electron chi connectivity index (χ2n) is 4.48. The molecule has 0 aromatic heterocycles. The Morgan fingerprint density at radius 1 is 1.35 bits per heavy atom. The normalized spacial score (nSPS) is 12.4. The largest absolute Gasteiger partial charge is 0.496 e. The third-order valence-electron chi connectivity index (χ3n) is 2.75. The molecular weight excluding hydrogens is 214 g/mol. The van der Waals surface area contributed by atoms with Crippen LogP contribution in [0.25, 0.3) is 0 Å². The van der Waals surface area contributed by atoms with E-state index in [2.05, 4.69) is 13.8 Å². The molecule has 0 aliphatic rings. The molecule has 0 saturated heterocycles. The number of hydrogen-bond acceptors (Lipinski definition) is 3. The van der Waals surface area contributed by atoms with Gasteiger partial charge in [0, 0.05) is 17.9 Å². The maximum atomic E-state index is 5.75. The van der Waals surface area contributed by atoms with E-state index >= 15 is 0 Å². The predicted molar refractivity (Wildman–Crippen MR) is 71.1 cm³/mol. The van der Waals surface area contributed by atoms with E-state index < -0.39 is 0 Å². The van der Waals surface area contributed by atoms with Gasteiger partial charge >= 0.3 is 0 Å². The summed E-state index contributed by atoms with van der Waals surface area (Å²) in [5, 5.41) is 0. The number of nitrogens with two attached hydrogens (primary N) is 1. The summed E-state index contributed by atoms with van der Waals surface area (Å²) >= 11 is 0. The zero-order valence-electron chi connectivity index (χ0n) is 11.0. The molecule has 0 aliphatic carbocycles. The minimum absolute atomic E-state index is 0.558. The maximum Gasteiger partial charge on any atom is 0.124 e. The molecule has 0 saturated carbocycles. The molecule has 96 valence electrons. The van der Waals surface area contributed by atoms with E-state index in [1.807, 2.05) is 18.2 Å². The van der Waals surface area contributed by atoms with E-state index in [1.165, 1.54) is 12.8 Å². The highest BCUT2D eigenvalue weighted by molar-refractivity contribution is 5.47. The maximum absolute atomic E-state index is 5.75. The number of ether oxygens (including phenoxy) is 2. The van der Waals surface area contributed by atoms with Gasteiger partial charge in [-0.2, -0.15) is 0 Å². The van der Waals surface area contributed by atoms with Gasteiger partial charge in [0.1, 0.15) is 5.75 Å². The third kappa shape index (κ3) is 4.65. The monoisotopic (exact) mass is 237 g/mol. The molecule has 1 unspecified atom stereocenters. The Morgan fingerprint density at radius 2 is 2.12 bits per heavy atom. The average molecular weight is 237 g/mol. The zero-order valence-corrected chi connectivity index (χ0v) is 11.0. The van der Waals surface area contributed by atoms with Gasteiger partial charge in [-0.1, -0.05) is 20.3 Å². The van der Waals surface area contributed by atoms with Crippen LogP contribution in [0.4, 0.5) is 5.69 Å². The SMILES string of the molecule is CCCC(C)COCc1cc(N)ccc1OC. The van der Waals surface area contributed by atoms with Crippen LogP contribution < -0.4 is 10.5 Å². The van der Waals surface area contributed by atoms with Gasteiger partial charge in [0.2, 0.25) is 0 Å². The smallest absolute Gasteiger partial charge is 0.124 e. The standard InChI is InChI=1S/C14H23NO2/c1-4-5-11(2)9-17-10-12-8-13(15)6-7-14(12)16-3/h6-8,11H,4-5,9-10,15H2,1-3H3. The van der Waals surface area contributed by atoms with E-state index in [0.29, 0.717) is 12.5 Å². The van der Waals surface area contributed by atoms with Crippen LogP contribution in [0.3, 0.4) is 0 Å². The van der Waals surface area contributed by atoms with Gasteiger partial charge in [0.25, 0.3) is 0 Å². The minimum atomic E-state index is 0.558. The Labute approximate surface area is 104 Å². The van der Waals surface area contributed by atoms with Gasteiger partial charge in [-0.3, -0.25) is 0 Å². The third-order valence-corrected chi connectivity index (χ3v) is 2.75. The van der Waals surface area contributed by atoms with E-state index in [9.17, 15) is 0 Å². The molecule has 3 nitrogen and oxygen atoms in total. The molecule has 0 fully saturated rings. The Balaban J connectivity index is 2.48. The lowest BCUT2D eigenvalue weighted by Crippen LogP contribution is -2.06. The summed E-state index contributed by atoms with van der Waals surface area (Å²) in [6.07, 6.45) is 2.40. The van der Waals surface area contributed by atoms with Crippen molar-refractivity contribution in [1.29, 1.82) is 0 Å². The van der Waals surface area contributed by atoms with Crippen molar-refractivity contribution in [1.82, 2.24) is 0 Å². The van der Waals surface area contributed by atoms with E-state index in [1.54, 1.807) is 7.11 Å². The summed E-state index contributed by atoms with van der Waals surface area (Å²) < 4.78 is 11.0. The summed E-state index contributed by atoms with van der Waals surface area (Å²) in [6, 6.07) is 5.62. The number of anilines is 1. The van der Waals surface area contributed by atoms with Crippen LogP contribution in [0.2, 0.25) is 0 Å². The van der Waals surface area contributed by atoms with Crippen molar-refractivity contribution in [2.24, 2.45) is 5.92 Å². The molecule has 1 aromatic rings. The molecule has 1 atom stereocenters. The number of nitrogen functional groups attached to an aromatic ring is 1. The lowest BCUT2D eigenvalue weighted by atomic mass is 10.1. The van der Waals surface area contributed by atoms with Gasteiger partial charge in [-0.15, -0.1) is 0 Å². The fraction of sp³-hybridized carbons (Fsp3) is 0.571. The lowest BCUT2D eigenvalue weighted by Gasteiger charge is -2.13. The topological polar surface area (TPSA) is 44.5 Å². The molecular formula is C14H23NO2. The van der Waals surface area contributed by atoms with Crippen LogP contribution in [-0.2, 0) is 11.3 Å². The molecule has 3 heteroatoms. The number of hydrogen-bond donors (Lipinski definition) is 1. The summed E-state index contributed by atoms with van der Waals surface area (Å²) in [5.74, 6) is 1.44. The minimum Gasteiger partial charge on any atom is -0.496 e. The van der Waals surface area contributed by atoms with Crippen molar-refractivity contribution < 1.29 is 9.47 Å². The Hall–Kier alpha value is -1.22. The summed E-state index contributed by atoms with van der Waals surface area (Å²) in [4.78, 5) is 0. The average Bonchev–Trinajstić information content (AvgIpc) is 2.30. The fourth-order valence-electron chi connectivity index (χ4n) is 1.86. The van der Waals surface area contributed by atoms with Gasteiger partial charge in [0.15, 0.2) is 0 Å². The molecule has 0 heterocycles. The van der Waals surface area contributed by atoms with Crippen LogP contribution in [0.5, 0.6) is 5.75 Å². The Morgan fingerprint density at radius 3 is 2.76 bits per heavy atom. The Bertz CT molecular complexity index is 339. The number of methoxy groups -OCH3 is 1. The summed E-state index contributed by atoms with van der Waals surface area (Å²) in [5.41, 5.74) is 7.50. The second kappa shape index (κ2) is 7.17. The van der Waals surface area contributed by atoms with Crippen molar-refractivity contribution in [3.05, 3.63) is 23.8 Å². The highest BCUT2D eigenvalue weighted by Gasteiger charge is 2.05. The van der Waals surface area contributed by atoms with Crippen LogP contribution in [0.15, 0.2) is 18.2 Å². The first-order valence-corrected chi connectivity index (χ1v) is 6.17. The molecule has 1 aromatic carbocycles. The lowest BCUT2D eigenvalue weighted by molar-refractivity contribution is 0.0879. The van der Waals surface area contributed by atoms with Gasteiger partial charge in [0.05, 0.1) is 13.7 Å². The quantitative estimate of drug-likeness (QED) is 0.740. The summed E-state index contributed by atoms with van der Waals surface area (Å²) in [7, 11) is 1.66. The zero-order chi connectivity index (χ0) is 12.7. The Kier molecular flexibility index (Phi) is 5.84. The van der Waals surface area contributed by atoms with Gasteiger partial charge in [-0.05, 0) is 30.5 Å². The van der Waals surface area contributed by atoms with Crippen LogP contribution >= 0.6 is 0 Å². The van der Waals surface area contributed by atoms with Crippen molar-refractivity contribution in [2.75, 3.05) is 19.5 Å². The van der Waals surface area contributed by atoms with E-state index in [4.69, 9.17) is 15.2 Å². The first-order chi connectivity index (χ1) is 8.17. The molecule has 0 aliphatic heterocycles. The van der Waals surface area contributed by atoms with Crippen LogP contribution in [0.1, 0.15) is 32.3 Å². The predicted octanol–water partition coefficient (Wildman–Crippen LogP) is 3.23. The van der Waals surface area contributed by atoms with Crippen molar-refractivity contribution in [3.63, 3.8) is 0 Å². The van der Waals surface area contributed by atoms with Crippen molar-refractivity contribution in [2.45, 2.75) is 33.3 Å². The fourth-order valence-corrected chi connectivity index (χ4v) is 1.86. The van der Waals surface area contributed by atoms with Gasteiger partial charge in [-0.25, -0.2) is 0 Å². The van der Waals surface area contributed by atoms with Crippen molar-refractivity contribution in [3.8, 4) is 5.75 Å². The second-order valence-corrected chi connectivity index (χ2v) is 4.48. The first-order valence-electron chi connectivity index (χ1n) is 6.17. The van der Waals surface area contributed by atoms with E-state index in [0.717, 1.165) is 23.6 Å². The molecule has 1 rings (SSSR count). The summed E-state index contributed by atoms with van der Waals surface area (Å²) in [6.45, 7) is 5.74. The van der Waals surface area contributed by atoms with Crippen molar-refractivity contribution >= 4 is 5.69 Å². The van der Waals surface area contributed by atoms with Crippen LogP contribution in [0, 0.1) is 5.92 Å². The molecule has 17 heavy (non-hydrogen) atoms. The van der Waals surface area contributed by atoms with Gasteiger partial charge < -0.3 is 15.2 Å². The molecule has 0 bridgehead atoms. The highest BCUT2D eigenvalue weighted by Crippen LogP contribution is 2.22. The highest BCUT2D eigenvalue weighted by atomic mass is 16.5. The number of benzene rings is 1. The first kappa shape index (κ1) is 13.8. The van der Waals surface area contributed by atoms with Crippen LogP contribution in [-0.4, -0.2) is 13.7 Å². The van der Waals surface area contributed by atoms with E-state index in [-0.39, 0.29) is 0 Å². The molecule has 0 spiro atoms. The molecule has 0 amide bonds. The molecule has 0 radical (unpaired) electrons. The number of rotatable bonds is 7. The molecule has 2 N–H and O–H groups in total.